The number of nitrogens with zero attached hydrogens (tertiary/aromatic N) is 1. The van der Waals surface area contributed by atoms with Gasteiger partial charge in [-0.15, -0.1) is 0 Å². The standard InChI is InChI=1S/C14H22N2O2S/c1-12(11-16-8-3-4-9-16)13-6-5-7-14(10-13)15-19(2,17)18/h5-7,10,12,15H,3-4,8-9,11H2,1-2H3/t12-/m1/s1. The summed E-state index contributed by atoms with van der Waals surface area (Å²) in [6, 6.07) is 7.69. The molecule has 1 N–H and O–H groups in total. The van der Waals surface area contributed by atoms with Crippen molar-refractivity contribution in [1.82, 2.24) is 4.90 Å². The Labute approximate surface area is 115 Å². The largest absolute Gasteiger partial charge is 0.303 e. The molecule has 4 nitrogen and oxygen atoms in total. The van der Waals surface area contributed by atoms with Gasteiger partial charge in [-0.25, -0.2) is 8.42 Å². The van der Waals surface area contributed by atoms with Gasteiger partial charge in [0.1, 0.15) is 0 Å². The average Bonchev–Trinajstić information content (AvgIpc) is 2.80. The monoisotopic (exact) mass is 282 g/mol. The van der Waals surface area contributed by atoms with Crippen molar-refractivity contribution >= 4 is 15.7 Å². The van der Waals surface area contributed by atoms with Gasteiger partial charge in [0.25, 0.3) is 0 Å². The number of sulfonamides is 1. The summed E-state index contributed by atoms with van der Waals surface area (Å²) in [5.41, 5.74) is 1.83. The van der Waals surface area contributed by atoms with Crippen LogP contribution in [0.1, 0.15) is 31.2 Å². The van der Waals surface area contributed by atoms with Crippen molar-refractivity contribution in [2.75, 3.05) is 30.6 Å². The minimum Gasteiger partial charge on any atom is -0.303 e. The molecule has 0 amide bonds. The first-order valence-corrected chi connectivity index (χ1v) is 8.63. The summed E-state index contributed by atoms with van der Waals surface area (Å²) in [5.74, 6) is 0.416. The third-order valence-electron chi connectivity index (χ3n) is 3.49. The fourth-order valence-corrected chi connectivity index (χ4v) is 3.14. The van der Waals surface area contributed by atoms with Gasteiger partial charge < -0.3 is 4.90 Å². The van der Waals surface area contributed by atoms with E-state index in [-0.39, 0.29) is 0 Å². The van der Waals surface area contributed by atoms with Gasteiger partial charge in [0, 0.05) is 12.2 Å². The summed E-state index contributed by atoms with van der Waals surface area (Å²) in [4.78, 5) is 2.47. The maximum absolute atomic E-state index is 11.2. The molecule has 106 valence electrons. The van der Waals surface area contributed by atoms with Crippen LogP contribution in [0.25, 0.3) is 0 Å². The molecule has 5 heteroatoms. The SMILES string of the molecule is C[C@H](CN1CCCC1)c1cccc(NS(C)(=O)=O)c1. The van der Waals surface area contributed by atoms with Crippen LogP contribution in [-0.4, -0.2) is 39.2 Å². The Morgan fingerprint density at radius 2 is 2.00 bits per heavy atom. The third kappa shape index (κ3) is 4.51. The maximum Gasteiger partial charge on any atom is 0.229 e. The highest BCUT2D eigenvalue weighted by atomic mass is 32.2. The number of hydrogen-bond donors (Lipinski definition) is 1. The Hall–Kier alpha value is -1.07. The maximum atomic E-state index is 11.2. The van der Waals surface area contributed by atoms with Crippen molar-refractivity contribution in [3.05, 3.63) is 29.8 Å². The first-order chi connectivity index (χ1) is 8.94. The number of benzene rings is 1. The highest BCUT2D eigenvalue weighted by Gasteiger charge is 2.16. The molecule has 1 aliphatic heterocycles. The number of nitrogens with one attached hydrogen (secondary N) is 1. The lowest BCUT2D eigenvalue weighted by atomic mass is 10.0. The van der Waals surface area contributed by atoms with Crippen molar-refractivity contribution in [1.29, 1.82) is 0 Å². The fourth-order valence-electron chi connectivity index (χ4n) is 2.58. The van der Waals surface area contributed by atoms with Gasteiger partial charge in [-0.1, -0.05) is 19.1 Å². The molecule has 1 saturated heterocycles. The third-order valence-corrected chi connectivity index (χ3v) is 4.10. The fraction of sp³-hybridized carbons (Fsp3) is 0.571. The minimum absolute atomic E-state index is 0.416. The molecule has 0 unspecified atom stereocenters. The Kier molecular flexibility index (Phi) is 4.47. The van der Waals surface area contributed by atoms with E-state index in [1.807, 2.05) is 12.1 Å². The highest BCUT2D eigenvalue weighted by Crippen LogP contribution is 2.22. The molecule has 2 rings (SSSR count). The summed E-state index contributed by atoms with van der Waals surface area (Å²) in [6.07, 6.45) is 3.76. The molecule has 0 aliphatic carbocycles. The second kappa shape index (κ2) is 5.92. The van der Waals surface area contributed by atoms with E-state index in [9.17, 15) is 8.42 Å². The molecule has 1 heterocycles. The predicted octanol–water partition coefficient (Wildman–Crippen LogP) is 2.26. The molecule has 1 aromatic carbocycles. The van der Waals surface area contributed by atoms with Gasteiger partial charge in [0.05, 0.1) is 6.26 Å². The van der Waals surface area contributed by atoms with Gasteiger partial charge >= 0.3 is 0 Å². The van der Waals surface area contributed by atoms with Crippen molar-refractivity contribution in [2.45, 2.75) is 25.7 Å². The summed E-state index contributed by atoms with van der Waals surface area (Å²) in [5, 5.41) is 0. The van der Waals surface area contributed by atoms with Gasteiger partial charge in [0.15, 0.2) is 0 Å². The number of likely N-dealkylation sites (tertiary alicyclic amines) is 1. The van der Waals surface area contributed by atoms with E-state index in [4.69, 9.17) is 0 Å². The lowest BCUT2D eigenvalue weighted by Gasteiger charge is -2.21. The molecular weight excluding hydrogens is 260 g/mol. The van der Waals surface area contributed by atoms with Gasteiger partial charge in [0.2, 0.25) is 10.0 Å². The van der Waals surface area contributed by atoms with E-state index < -0.39 is 10.0 Å². The number of rotatable bonds is 5. The molecule has 1 atom stereocenters. The summed E-state index contributed by atoms with van der Waals surface area (Å²) < 4.78 is 25.0. The molecule has 1 aliphatic rings. The van der Waals surface area contributed by atoms with Crippen molar-refractivity contribution in [3.63, 3.8) is 0 Å². The molecule has 0 aromatic heterocycles. The van der Waals surface area contributed by atoms with Crippen LogP contribution in [0.4, 0.5) is 5.69 Å². The zero-order chi connectivity index (χ0) is 13.9. The van der Waals surface area contributed by atoms with Crippen molar-refractivity contribution < 1.29 is 8.42 Å². The van der Waals surface area contributed by atoms with Crippen molar-refractivity contribution in [2.24, 2.45) is 0 Å². The second-order valence-electron chi connectivity index (χ2n) is 5.41. The molecule has 0 spiro atoms. The first-order valence-electron chi connectivity index (χ1n) is 6.74. The van der Waals surface area contributed by atoms with Crippen LogP contribution in [0.15, 0.2) is 24.3 Å². The molecular formula is C14H22N2O2S. The van der Waals surface area contributed by atoms with Gasteiger partial charge in [-0.3, -0.25) is 4.72 Å². The Morgan fingerprint density at radius 3 is 2.63 bits per heavy atom. The first kappa shape index (κ1) is 14.3. The van der Waals surface area contributed by atoms with E-state index >= 15 is 0 Å². The zero-order valence-corrected chi connectivity index (χ0v) is 12.4. The van der Waals surface area contributed by atoms with Crippen LogP contribution in [0.2, 0.25) is 0 Å². The molecule has 1 fully saturated rings. The van der Waals surface area contributed by atoms with Gasteiger partial charge in [-0.05, 0) is 49.5 Å². The second-order valence-corrected chi connectivity index (χ2v) is 7.16. The molecule has 1 aromatic rings. The van der Waals surface area contributed by atoms with Crippen LogP contribution in [0.5, 0.6) is 0 Å². The van der Waals surface area contributed by atoms with E-state index in [1.165, 1.54) is 37.8 Å². The quantitative estimate of drug-likeness (QED) is 0.901. The Balaban J connectivity index is 2.04. The summed E-state index contributed by atoms with van der Waals surface area (Å²) in [6.45, 7) is 5.61. The predicted molar refractivity (Wildman–Crippen MR) is 79.0 cm³/mol. The van der Waals surface area contributed by atoms with E-state index in [0.717, 1.165) is 6.54 Å². The van der Waals surface area contributed by atoms with Crippen LogP contribution < -0.4 is 4.72 Å². The lowest BCUT2D eigenvalue weighted by molar-refractivity contribution is 0.321. The van der Waals surface area contributed by atoms with Crippen molar-refractivity contribution in [3.8, 4) is 0 Å². The molecule has 0 radical (unpaired) electrons. The Morgan fingerprint density at radius 1 is 1.32 bits per heavy atom. The zero-order valence-electron chi connectivity index (χ0n) is 11.6. The molecule has 0 bridgehead atoms. The van der Waals surface area contributed by atoms with Crippen LogP contribution >= 0.6 is 0 Å². The van der Waals surface area contributed by atoms with E-state index in [2.05, 4.69) is 22.6 Å². The van der Waals surface area contributed by atoms with E-state index in [1.54, 1.807) is 6.07 Å². The smallest absolute Gasteiger partial charge is 0.229 e. The minimum atomic E-state index is -3.20. The van der Waals surface area contributed by atoms with E-state index in [0.29, 0.717) is 11.6 Å². The van der Waals surface area contributed by atoms with Crippen LogP contribution in [-0.2, 0) is 10.0 Å². The lowest BCUT2D eigenvalue weighted by Crippen LogP contribution is -2.24. The summed E-state index contributed by atoms with van der Waals surface area (Å²) in [7, 11) is -3.20. The van der Waals surface area contributed by atoms with Gasteiger partial charge in [-0.2, -0.15) is 0 Å². The Bertz CT molecular complexity index is 522. The van der Waals surface area contributed by atoms with Crippen LogP contribution in [0, 0.1) is 0 Å². The highest BCUT2D eigenvalue weighted by molar-refractivity contribution is 7.92. The number of hydrogen-bond acceptors (Lipinski definition) is 3. The molecule has 0 saturated carbocycles. The topological polar surface area (TPSA) is 49.4 Å². The number of anilines is 1. The molecule has 19 heavy (non-hydrogen) atoms. The van der Waals surface area contributed by atoms with Crippen LogP contribution in [0.3, 0.4) is 0 Å². The summed E-state index contributed by atoms with van der Waals surface area (Å²) >= 11 is 0. The normalized spacial score (nSPS) is 18.4. The average molecular weight is 282 g/mol.